The Bertz CT molecular complexity index is 493. The lowest BCUT2D eigenvalue weighted by atomic mass is 10.1. The molecule has 4 heteroatoms. The highest BCUT2D eigenvalue weighted by atomic mass is 16.3. The molecule has 1 atom stereocenters. The van der Waals surface area contributed by atoms with Crippen LogP contribution >= 0.6 is 0 Å². The summed E-state index contributed by atoms with van der Waals surface area (Å²) in [6.07, 6.45) is 5.36. The van der Waals surface area contributed by atoms with Gasteiger partial charge >= 0.3 is 0 Å². The first-order chi connectivity index (χ1) is 8.69. The van der Waals surface area contributed by atoms with Crippen molar-refractivity contribution in [3.8, 4) is 17.1 Å². The number of phenolic OH excluding ortho intramolecular Hbond substituents is 1. The molecule has 18 heavy (non-hydrogen) atoms. The van der Waals surface area contributed by atoms with Crippen LogP contribution in [0.15, 0.2) is 36.7 Å². The molecular formula is C14H17N3O. The largest absolute Gasteiger partial charge is 0.508 e. The van der Waals surface area contributed by atoms with Gasteiger partial charge in [-0.25, -0.2) is 9.97 Å². The average Bonchev–Trinajstić information content (AvgIpc) is 2.40. The van der Waals surface area contributed by atoms with Crippen LogP contribution in [0.25, 0.3) is 11.4 Å². The Kier molecular flexibility index (Phi) is 3.89. The van der Waals surface area contributed by atoms with Gasteiger partial charge in [0, 0.05) is 24.0 Å². The highest BCUT2D eigenvalue weighted by molar-refractivity contribution is 5.55. The molecule has 0 aliphatic heterocycles. The van der Waals surface area contributed by atoms with Gasteiger partial charge in [0.05, 0.1) is 0 Å². The molecule has 0 spiro atoms. The van der Waals surface area contributed by atoms with Crippen molar-refractivity contribution < 1.29 is 5.11 Å². The van der Waals surface area contributed by atoms with E-state index in [1.807, 2.05) is 12.4 Å². The number of aromatic nitrogens is 2. The first kappa shape index (κ1) is 12.5. The van der Waals surface area contributed by atoms with Gasteiger partial charge in [0.15, 0.2) is 5.82 Å². The van der Waals surface area contributed by atoms with Crippen LogP contribution < -0.4 is 5.73 Å². The quantitative estimate of drug-likeness (QED) is 0.862. The summed E-state index contributed by atoms with van der Waals surface area (Å²) in [4.78, 5) is 8.64. The van der Waals surface area contributed by atoms with Gasteiger partial charge in [-0.3, -0.25) is 0 Å². The second-order valence-corrected chi connectivity index (χ2v) is 4.33. The molecule has 0 fully saturated rings. The number of phenols is 1. The summed E-state index contributed by atoms with van der Waals surface area (Å²) < 4.78 is 0. The number of hydrogen-bond acceptors (Lipinski definition) is 4. The molecule has 0 aliphatic rings. The van der Waals surface area contributed by atoms with Crippen molar-refractivity contribution >= 4 is 0 Å². The Morgan fingerprint density at radius 1 is 1.17 bits per heavy atom. The van der Waals surface area contributed by atoms with Gasteiger partial charge in [0.2, 0.25) is 0 Å². The van der Waals surface area contributed by atoms with E-state index in [-0.39, 0.29) is 11.8 Å². The van der Waals surface area contributed by atoms with Gasteiger partial charge in [0.25, 0.3) is 0 Å². The highest BCUT2D eigenvalue weighted by Crippen LogP contribution is 2.18. The Morgan fingerprint density at radius 2 is 1.78 bits per heavy atom. The minimum atomic E-state index is 0.160. The van der Waals surface area contributed by atoms with Crippen LogP contribution in [-0.2, 0) is 6.42 Å². The molecule has 94 valence electrons. The topological polar surface area (TPSA) is 72.0 Å². The van der Waals surface area contributed by atoms with E-state index in [0.717, 1.165) is 24.0 Å². The molecule has 3 N–H and O–H groups in total. The first-order valence-corrected chi connectivity index (χ1v) is 6.05. The molecule has 2 aromatic rings. The van der Waals surface area contributed by atoms with Gasteiger partial charge < -0.3 is 10.8 Å². The third-order valence-corrected chi connectivity index (χ3v) is 2.85. The third kappa shape index (κ3) is 3.05. The van der Waals surface area contributed by atoms with Gasteiger partial charge in [-0.2, -0.15) is 0 Å². The number of aromatic hydroxyl groups is 1. The number of hydrogen-bond donors (Lipinski definition) is 2. The SMILES string of the molecule is CCC(N)Cc1cnc(-c2ccc(O)cc2)nc1. The highest BCUT2D eigenvalue weighted by Gasteiger charge is 2.04. The molecule has 1 unspecified atom stereocenters. The zero-order valence-corrected chi connectivity index (χ0v) is 10.4. The minimum Gasteiger partial charge on any atom is -0.508 e. The van der Waals surface area contributed by atoms with Gasteiger partial charge in [0.1, 0.15) is 5.75 Å². The van der Waals surface area contributed by atoms with Crippen LogP contribution in [-0.4, -0.2) is 21.1 Å². The van der Waals surface area contributed by atoms with E-state index in [2.05, 4.69) is 16.9 Å². The molecule has 0 saturated carbocycles. The fourth-order valence-electron chi connectivity index (χ4n) is 1.67. The Labute approximate surface area is 107 Å². The van der Waals surface area contributed by atoms with Crippen LogP contribution in [0.4, 0.5) is 0 Å². The maximum Gasteiger partial charge on any atom is 0.159 e. The summed E-state index contributed by atoms with van der Waals surface area (Å²) in [5, 5.41) is 9.22. The Hall–Kier alpha value is -1.94. The second-order valence-electron chi connectivity index (χ2n) is 4.33. The molecule has 0 bridgehead atoms. The summed E-state index contributed by atoms with van der Waals surface area (Å²) in [5.74, 6) is 0.896. The molecule has 0 saturated heterocycles. The molecule has 0 aliphatic carbocycles. The van der Waals surface area contributed by atoms with Crippen LogP contribution in [0.3, 0.4) is 0 Å². The zero-order valence-electron chi connectivity index (χ0n) is 10.4. The van der Waals surface area contributed by atoms with Crippen molar-refractivity contribution in [3.05, 3.63) is 42.2 Å². The van der Waals surface area contributed by atoms with Gasteiger partial charge in [-0.05, 0) is 42.7 Å². The van der Waals surface area contributed by atoms with Crippen LogP contribution in [0.1, 0.15) is 18.9 Å². The lowest BCUT2D eigenvalue weighted by Gasteiger charge is -2.08. The lowest BCUT2D eigenvalue weighted by molar-refractivity contribution is 0.475. The molecule has 1 heterocycles. The van der Waals surface area contributed by atoms with E-state index in [4.69, 9.17) is 5.73 Å². The zero-order chi connectivity index (χ0) is 13.0. The predicted molar refractivity (Wildman–Crippen MR) is 71.1 cm³/mol. The fourth-order valence-corrected chi connectivity index (χ4v) is 1.67. The molecule has 1 aromatic heterocycles. The number of nitrogens with two attached hydrogens (primary N) is 1. The average molecular weight is 243 g/mol. The predicted octanol–water partition coefficient (Wildman–Crippen LogP) is 2.13. The van der Waals surface area contributed by atoms with E-state index >= 15 is 0 Å². The standard InChI is InChI=1S/C14H17N3O/c1-2-12(15)7-10-8-16-14(17-9-10)11-3-5-13(18)6-4-11/h3-6,8-9,12,18H,2,7,15H2,1H3. The van der Waals surface area contributed by atoms with Crippen molar-refractivity contribution in [2.24, 2.45) is 5.73 Å². The number of nitrogens with zero attached hydrogens (tertiary/aromatic N) is 2. The first-order valence-electron chi connectivity index (χ1n) is 6.05. The molecule has 1 aromatic carbocycles. The Balaban J connectivity index is 2.14. The third-order valence-electron chi connectivity index (χ3n) is 2.85. The van der Waals surface area contributed by atoms with Crippen LogP contribution in [0.5, 0.6) is 5.75 Å². The molecule has 0 amide bonds. The monoisotopic (exact) mass is 243 g/mol. The van der Waals surface area contributed by atoms with Gasteiger partial charge in [-0.1, -0.05) is 6.92 Å². The van der Waals surface area contributed by atoms with Crippen molar-refractivity contribution in [1.29, 1.82) is 0 Å². The molecule has 4 nitrogen and oxygen atoms in total. The van der Waals surface area contributed by atoms with Crippen molar-refractivity contribution in [1.82, 2.24) is 9.97 Å². The normalized spacial score (nSPS) is 12.3. The second kappa shape index (κ2) is 5.60. The van der Waals surface area contributed by atoms with Crippen molar-refractivity contribution in [2.75, 3.05) is 0 Å². The summed E-state index contributed by atoms with van der Waals surface area (Å²) in [6, 6.07) is 7.00. The molecule has 0 radical (unpaired) electrons. The summed E-state index contributed by atoms with van der Waals surface area (Å²) in [5.41, 5.74) is 7.82. The summed E-state index contributed by atoms with van der Waals surface area (Å²) >= 11 is 0. The lowest BCUT2D eigenvalue weighted by Crippen LogP contribution is -2.21. The molecular weight excluding hydrogens is 226 g/mol. The number of rotatable bonds is 4. The van der Waals surface area contributed by atoms with Crippen LogP contribution in [0, 0.1) is 0 Å². The van der Waals surface area contributed by atoms with Crippen molar-refractivity contribution in [3.63, 3.8) is 0 Å². The van der Waals surface area contributed by atoms with E-state index in [1.54, 1.807) is 24.3 Å². The fraction of sp³-hybridized carbons (Fsp3) is 0.286. The number of benzene rings is 1. The molecule has 2 rings (SSSR count). The van der Waals surface area contributed by atoms with Crippen molar-refractivity contribution in [2.45, 2.75) is 25.8 Å². The smallest absolute Gasteiger partial charge is 0.159 e. The van der Waals surface area contributed by atoms with E-state index < -0.39 is 0 Å². The van der Waals surface area contributed by atoms with E-state index in [1.165, 1.54) is 0 Å². The minimum absolute atomic E-state index is 0.160. The van der Waals surface area contributed by atoms with E-state index in [9.17, 15) is 5.11 Å². The Morgan fingerprint density at radius 3 is 2.33 bits per heavy atom. The summed E-state index contributed by atoms with van der Waals surface area (Å²) in [6.45, 7) is 2.07. The van der Waals surface area contributed by atoms with E-state index in [0.29, 0.717) is 5.82 Å². The van der Waals surface area contributed by atoms with Crippen LogP contribution in [0.2, 0.25) is 0 Å². The maximum absolute atomic E-state index is 9.22. The van der Waals surface area contributed by atoms with Gasteiger partial charge in [-0.15, -0.1) is 0 Å². The maximum atomic E-state index is 9.22. The summed E-state index contributed by atoms with van der Waals surface area (Å²) in [7, 11) is 0.